The number of rotatable bonds is 11. The largest absolute Gasteiger partial charge is 0.162 e. The third-order valence-corrected chi connectivity index (χ3v) is 3.74. The Morgan fingerprint density at radius 1 is 0.786 bits per heavy atom. The Hall–Kier alpha value is 0.640. The number of hydrogen-bond acceptors (Lipinski definition) is 1. The molecule has 0 aromatic rings. The van der Waals surface area contributed by atoms with Crippen molar-refractivity contribution >= 4 is 23.4 Å². The zero-order chi connectivity index (χ0) is 10.5. The molecule has 0 spiro atoms. The van der Waals surface area contributed by atoms with E-state index in [2.05, 4.69) is 18.7 Å². The molecule has 0 rings (SSSR count). The van der Waals surface area contributed by atoms with Crippen LogP contribution in [-0.4, -0.2) is 17.4 Å². The number of alkyl halides is 1. The fourth-order valence-electron chi connectivity index (χ4n) is 1.42. The van der Waals surface area contributed by atoms with E-state index in [0.29, 0.717) is 0 Å². The third-order valence-electron chi connectivity index (χ3n) is 2.31. The molecule has 0 bridgehead atoms. The monoisotopic (exact) mass is 236 g/mol. The van der Waals surface area contributed by atoms with Gasteiger partial charge in [0.15, 0.2) is 0 Å². The van der Waals surface area contributed by atoms with Crippen LogP contribution in [0.2, 0.25) is 0 Å². The molecule has 14 heavy (non-hydrogen) atoms. The van der Waals surface area contributed by atoms with Gasteiger partial charge in [0.25, 0.3) is 0 Å². The van der Waals surface area contributed by atoms with E-state index in [4.69, 9.17) is 11.6 Å². The van der Waals surface area contributed by atoms with E-state index >= 15 is 0 Å². The molecule has 0 aromatic heterocycles. The van der Waals surface area contributed by atoms with Crippen molar-refractivity contribution in [1.29, 1.82) is 0 Å². The lowest BCUT2D eigenvalue weighted by Gasteiger charge is -2.01. The second kappa shape index (κ2) is 13.6. The van der Waals surface area contributed by atoms with Gasteiger partial charge in [0.05, 0.1) is 0 Å². The van der Waals surface area contributed by atoms with Crippen LogP contribution in [0.25, 0.3) is 0 Å². The maximum absolute atomic E-state index is 5.60. The normalized spacial score (nSPS) is 10.7. The zero-order valence-corrected chi connectivity index (χ0v) is 11.1. The predicted molar refractivity (Wildman–Crippen MR) is 70.7 cm³/mol. The first-order valence-corrected chi connectivity index (χ1v) is 7.74. The summed E-state index contributed by atoms with van der Waals surface area (Å²) >= 11 is 7.66. The van der Waals surface area contributed by atoms with Crippen LogP contribution < -0.4 is 0 Å². The van der Waals surface area contributed by atoms with Gasteiger partial charge in [-0.05, 0) is 24.3 Å². The highest BCUT2D eigenvalue weighted by molar-refractivity contribution is 7.99. The Morgan fingerprint density at radius 2 is 1.36 bits per heavy atom. The molecule has 0 atom stereocenters. The summed E-state index contributed by atoms with van der Waals surface area (Å²) in [4.78, 5) is 0. The first-order chi connectivity index (χ1) is 6.91. The van der Waals surface area contributed by atoms with E-state index < -0.39 is 0 Å². The molecule has 0 aromatic carbocycles. The Kier molecular flexibility index (Phi) is 14.3. The Balaban J connectivity index is 2.78. The summed E-state index contributed by atoms with van der Waals surface area (Å²) in [7, 11) is 0. The minimum absolute atomic E-state index is 0.823. The number of thioether (sulfide) groups is 1. The Morgan fingerprint density at radius 3 is 2.00 bits per heavy atom. The highest BCUT2D eigenvalue weighted by atomic mass is 35.5. The molecule has 0 amide bonds. The van der Waals surface area contributed by atoms with E-state index in [1.807, 2.05) is 0 Å². The fraction of sp³-hybridized carbons (Fsp3) is 1.00. The molecule has 0 aliphatic carbocycles. The van der Waals surface area contributed by atoms with Crippen molar-refractivity contribution in [2.75, 3.05) is 17.4 Å². The quantitative estimate of drug-likeness (QED) is 0.355. The van der Waals surface area contributed by atoms with E-state index in [9.17, 15) is 0 Å². The van der Waals surface area contributed by atoms with Gasteiger partial charge in [-0.15, -0.1) is 11.6 Å². The summed E-state index contributed by atoms with van der Waals surface area (Å²) in [6.07, 6.45) is 11.1. The highest BCUT2D eigenvalue weighted by Gasteiger charge is 1.91. The molecule has 0 nitrogen and oxygen atoms in total. The molecule has 0 saturated carbocycles. The fourth-order valence-corrected chi connectivity index (χ4v) is 2.67. The van der Waals surface area contributed by atoms with Gasteiger partial charge in [0.1, 0.15) is 0 Å². The van der Waals surface area contributed by atoms with Crippen LogP contribution in [0, 0.1) is 0 Å². The van der Waals surface area contributed by atoms with Crippen LogP contribution in [0.15, 0.2) is 0 Å². The van der Waals surface area contributed by atoms with Gasteiger partial charge in [-0.1, -0.05) is 45.4 Å². The SMILES string of the molecule is CCCCCCCCCSCCCCl. The van der Waals surface area contributed by atoms with E-state index in [1.165, 1.54) is 62.9 Å². The van der Waals surface area contributed by atoms with E-state index in [0.717, 1.165) is 5.88 Å². The maximum atomic E-state index is 5.60. The number of unbranched alkanes of at least 4 members (excludes halogenated alkanes) is 6. The lowest BCUT2D eigenvalue weighted by Crippen LogP contribution is -1.86. The highest BCUT2D eigenvalue weighted by Crippen LogP contribution is 2.11. The van der Waals surface area contributed by atoms with Gasteiger partial charge >= 0.3 is 0 Å². The zero-order valence-electron chi connectivity index (χ0n) is 9.56. The van der Waals surface area contributed by atoms with Crippen LogP contribution in [0.3, 0.4) is 0 Å². The molecular weight excluding hydrogens is 212 g/mol. The molecule has 0 aliphatic rings. The van der Waals surface area contributed by atoms with Gasteiger partial charge < -0.3 is 0 Å². The summed E-state index contributed by atoms with van der Waals surface area (Å²) in [5.74, 6) is 3.41. The Bertz CT molecular complexity index is 84.3. The maximum Gasteiger partial charge on any atom is 0.0231 e. The average Bonchev–Trinajstić information content (AvgIpc) is 2.21. The van der Waals surface area contributed by atoms with Crippen molar-refractivity contribution < 1.29 is 0 Å². The number of hydrogen-bond donors (Lipinski definition) is 0. The second-order valence-electron chi connectivity index (χ2n) is 3.78. The lowest BCUT2D eigenvalue weighted by atomic mass is 10.1. The topological polar surface area (TPSA) is 0 Å². The Labute approximate surface area is 99.2 Å². The van der Waals surface area contributed by atoms with Crippen LogP contribution >= 0.6 is 23.4 Å². The van der Waals surface area contributed by atoms with Crippen molar-refractivity contribution in [2.45, 2.75) is 58.3 Å². The average molecular weight is 237 g/mol. The summed E-state index contributed by atoms with van der Waals surface area (Å²) < 4.78 is 0. The molecule has 0 radical (unpaired) electrons. The first-order valence-electron chi connectivity index (χ1n) is 6.05. The van der Waals surface area contributed by atoms with E-state index in [-0.39, 0.29) is 0 Å². The minimum atomic E-state index is 0.823. The van der Waals surface area contributed by atoms with Crippen LogP contribution in [0.5, 0.6) is 0 Å². The summed E-state index contributed by atoms with van der Waals surface area (Å²) in [5.41, 5.74) is 0. The van der Waals surface area contributed by atoms with Gasteiger partial charge in [-0.3, -0.25) is 0 Å². The third kappa shape index (κ3) is 12.6. The number of halogens is 1. The molecule has 0 aliphatic heterocycles. The summed E-state index contributed by atoms with van der Waals surface area (Å²) in [5, 5.41) is 0. The van der Waals surface area contributed by atoms with Crippen molar-refractivity contribution in [3.8, 4) is 0 Å². The standard InChI is InChI=1S/C12H25ClS/c1-2-3-4-5-6-7-8-11-14-12-9-10-13/h2-12H2,1H3. The molecule has 86 valence electrons. The first kappa shape index (κ1) is 14.6. The van der Waals surface area contributed by atoms with Crippen molar-refractivity contribution in [3.63, 3.8) is 0 Å². The molecular formula is C12H25ClS. The van der Waals surface area contributed by atoms with E-state index in [1.54, 1.807) is 0 Å². The summed E-state index contributed by atoms with van der Waals surface area (Å²) in [6.45, 7) is 2.27. The molecule has 0 N–H and O–H groups in total. The molecule has 0 fully saturated rings. The molecule has 0 unspecified atom stereocenters. The molecule has 0 saturated heterocycles. The molecule has 0 heterocycles. The minimum Gasteiger partial charge on any atom is -0.162 e. The lowest BCUT2D eigenvalue weighted by molar-refractivity contribution is 0.603. The van der Waals surface area contributed by atoms with Crippen molar-refractivity contribution in [3.05, 3.63) is 0 Å². The van der Waals surface area contributed by atoms with Crippen LogP contribution in [-0.2, 0) is 0 Å². The van der Waals surface area contributed by atoms with Gasteiger partial charge in [0.2, 0.25) is 0 Å². The van der Waals surface area contributed by atoms with Crippen molar-refractivity contribution in [2.24, 2.45) is 0 Å². The second-order valence-corrected chi connectivity index (χ2v) is 5.38. The molecule has 2 heteroatoms. The summed E-state index contributed by atoms with van der Waals surface area (Å²) in [6, 6.07) is 0. The van der Waals surface area contributed by atoms with Gasteiger partial charge in [-0.25, -0.2) is 0 Å². The van der Waals surface area contributed by atoms with Gasteiger partial charge in [-0.2, -0.15) is 11.8 Å². The predicted octanol–water partition coefficient (Wildman–Crippen LogP) is 5.10. The van der Waals surface area contributed by atoms with Crippen molar-refractivity contribution in [1.82, 2.24) is 0 Å². The van der Waals surface area contributed by atoms with Crippen LogP contribution in [0.1, 0.15) is 58.3 Å². The van der Waals surface area contributed by atoms with Gasteiger partial charge in [0, 0.05) is 5.88 Å². The smallest absolute Gasteiger partial charge is 0.0231 e. The van der Waals surface area contributed by atoms with Crippen LogP contribution in [0.4, 0.5) is 0 Å².